The molecule has 3 rings (SSSR count). The Kier molecular flexibility index (Phi) is 7.45. The molecule has 0 bridgehead atoms. The van der Waals surface area contributed by atoms with Crippen molar-refractivity contribution in [3.05, 3.63) is 99.1 Å². The largest absolute Gasteiger partial charge is 0.422 e. The Labute approximate surface area is 194 Å². The number of para-hydroxylation sites is 2. The van der Waals surface area contributed by atoms with E-state index in [4.69, 9.17) is 4.74 Å². The maximum atomic E-state index is 12.4. The molecule has 10 heteroatoms. The van der Waals surface area contributed by atoms with E-state index in [9.17, 15) is 24.5 Å². The standard InChI is InChI=1S/C24H20N4O6/c1-15-6-5-7-16(2)21(15)26-22(29)23(30)27-25-14-18-8-3-4-9-20(18)34-24(31)17-10-12-19(13-11-17)28(32)33/h3-14H,1-2H3,(H,26,29)(H,27,30)/b25-14+. The van der Waals surface area contributed by atoms with Gasteiger partial charge in [0.25, 0.3) is 5.69 Å². The van der Waals surface area contributed by atoms with E-state index in [0.717, 1.165) is 11.1 Å². The van der Waals surface area contributed by atoms with Crippen LogP contribution in [0.4, 0.5) is 11.4 Å². The van der Waals surface area contributed by atoms with Gasteiger partial charge in [-0.05, 0) is 49.2 Å². The molecule has 0 aliphatic carbocycles. The lowest BCUT2D eigenvalue weighted by Crippen LogP contribution is -2.32. The number of hydrogen-bond acceptors (Lipinski definition) is 7. The van der Waals surface area contributed by atoms with E-state index in [0.29, 0.717) is 11.3 Å². The molecule has 0 fully saturated rings. The van der Waals surface area contributed by atoms with Crippen LogP contribution >= 0.6 is 0 Å². The summed E-state index contributed by atoms with van der Waals surface area (Å²) in [6.07, 6.45) is 1.22. The molecule has 10 nitrogen and oxygen atoms in total. The van der Waals surface area contributed by atoms with E-state index < -0.39 is 22.7 Å². The fourth-order valence-electron chi connectivity index (χ4n) is 2.95. The molecule has 0 heterocycles. The molecule has 0 unspecified atom stereocenters. The maximum Gasteiger partial charge on any atom is 0.343 e. The fourth-order valence-corrected chi connectivity index (χ4v) is 2.95. The first-order chi connectivity index (χ1) is 16.3. The summed E-state index contributed by atoms with van der Waals surface area (Å²) in [6.45, 7) is 3.63. The van der Waals surface area contributed by atoms with Gasteiger partial charge in [0, 0.05) is 23.4 Å². The Bertz CT molecular complexity index is 1260. The molecule has 0 radical (unpaired) electrons. The molecule has 172 valence electrons. The summed E-state index contributed by atoms with van der Waals surface area (Å²) in [6, 6.07) is 16.8. The van der Waals surface area contributed by atoms with E-state index >= 15 is 0 Å². The highest BCUT2D eigenvalue weighted by Gasteiger charge is 2.16. The lowest BCUT2D eigenvalue weighted by molar-refractivity contribution is -0.384. The first-order valence-electron chi connectivity index (χ1n) is 10.0. The minimum absolute atomic E-state index is 0.119. The Hall–Kier alpha value is -4.86. The summed E-state index contributed by atoms with van der Waals surface area (Å²) in [5, 5.41) is 17.1. The second kappa shape index (κ2) is 10.6. The number of carbonyl (C=O) groups is 3. The topological polar surface area (TPSA) is 140 Å². The van der Waals surface area contributed by atoms with Crippen molar-refractivity contribution >= 4 is 35.4 Å². The fraction of sp³-hybridized carbons (Fsp3) is 0.0833. The van der Waals surface area contributed by atoms with E-state index in [1.807, 2.05) is 32.0 Å². The number of aryl methyl sites for hydroxylation is 2. The molecule has 0 saturated carbocycles. The number of nitrogens with zero attached hydrogens (tertiary/aromatic N) is 2. The van der Waals surface area contributed by atoms with Crippen molar-refractivity contribution in [1.29, 1.82) is 0 Å². The summed E-state index contributed by atoms with van der Waals surface area (Å²) < 4.78 is 5.35. The number of nitro groups is 1. The van der Waals surface area contributed by atoms with Gasteiger partial charge >= 0.3 is 17.8 Å². The van der Waals surface area contributed by atoms with Crippen molar-refractivity contribution in [2.24, 2.45) is 5.10 Å². The maximum absolute atomic E-state index is 12.4. The van der Waals surface area contributed by atoms with Gasteiger partial charge in [-0.2, -0.15) is 5.10 Å². The molecule has 2 N–H and O–H groups in total. The minimum Gasteiger partial charge on any atom is -0.422 e. The van der Waals surface area contributed by atoms with Crippen molar-refractivity contribution in [3.63, 3.8) is 0 Å². The predicted octanol–water partition coefficient (Wildman–Crippen LogP) is 3.52. The number of benzene rings is 3. The molecular formula is C24H20N4O6. The number of rotatable bonds is 6. The SMILES string of the molecule is Cc1cccc(C)c1NC(=O)C(=O)N/N=C/c1ccccc1OC(=O)c1ccc([N+](=O)[O-])cc1. The summed E-state index contributed by atoms with van der Waals surface area (Å²) in [7, 11) is 0. The van der Waals surface area contributed by atoms with Crippen LogP contribution in [0.2, 0.25) is 0 Å². The summed E-state index contributed by atoms with van der Waals surface area (Å²) in [5.41, 5.74) is 4.63. The molecule has 0 aliphatic heterocycles. The monoisotopic (exact) mass is 460 g/mol. The second-order valence-corrected chi connectivity index (χ2v) is 7.15. The highest BCUT2D eigenvalue weighted by Crippen LogP contribution is 2.20. The van der Waals surface area contributed by atoms with Crippen LogP contribution in [0.1, 0.15) is 27.0 Å². The molecule has 0 spiro atoms. The number of esters is 1. The lowest BCUT2D eigenvalue weighted by Gasteiger charge is -2.10. The van der Waals surface area contributed by atoms with Gasteiger partial charge in [0.15, 0.2) is 0 Å². The lowest BCUT2D eigenvalue weighted by atomic mass is 10.1. The predicted molar refractivity (Wildman–Crippen MR) is 125 cm³/mol. The molecule has 0 saturated heterocycles. The summed E-state index contributed by atoms with van der Waals surface area (Å²) >= 11 is 0. The first kappa shape index (κ1) is 23.8. The number of hydrazone groups is 1. The van der Waals surface area contributed by atoms with Crippen LogP contribution in [-0.4, -0.2) is 28.9 Å². The zero-order valence-corrected chi connectivity index (χ0v) is 18.3. The van der Waals surface area contributed by atoms with Gasteiger partial charge < -0.3 is 10.1 Å². The Morgan fingerprint density at radius 3 is 2.21 bits per heavy atom. The average molecular weight is 460 g/mol. The zero-order chi connectivity index (χ0) is 24.7. The van der Waals surface area contributed by atoms with Gasteiger partial charge in [-0.3, -0.25) is 19.7 Å². The van der Waals surface area contributed by atoms with Gasteiger partial charge in [0.1, 0.15) is 5.75 Å². The third-order valence-corrected chi connectivity index (χ3v) is 4.73. The van der Waals surface area contributed by atoms with Crippen LogP contribution in [-0.2, 0) is 9.59 Å². The number of hydrogen-bond donors (Lipinski definition) is 2. The van der Waals surface area contributed by atoms with Gasteiger partial charge in [-0.1, -0.05) is 30.3 Å². The van der Waals surface area contributed by atoms with Crippen molar-refractivity contribution in [3.8, 4) is 5.75 Å². The van der Waals surface area contributed by atoms with Crippen molar-refractivity contribution in [2.75, 3.05) is 5.32 Å². The van der Waals surface area contributed by atoms with Gasteiger partial charge in [-0.15, -0.1) is 0 Å². The number of ether oxygens (including phenoxy) is 1. The molecule has 3 aromatic carbocycles. The molecule has 3 aromatic rings. The van der Waals surface area contributed by atoms with Gasteiger partial charge in [0.05, 0.1) is 16.7 Å². The summed E-state index contributed by atoms with van der Waals surface area (Å²) in [4.78, 5) is 46.9. The number of nitro benzene ring substituents is 1. The van der Waals surface area contributed by atoms with Crippen molar-refractivity contribution in [1.82, 2.24) is 5.43 Å². The molecular weight excluding hydrogens is 440 g/mol. The molecule has 0 aromatic heterocycles. The molecule has 34 heavy (non-hydrogen) atoms. The molecule has 2 amide bonds. The second-order valence-electron chi connectivity index (χ2n) is 7.15. The smallest absolute Gasteiger partial charge is 0.343 e. The Morgan fingerprint density at radius 2 is 1.56 bits per heavy atom. The van der Waals surface area contributed by atoms with Gasteiger partial charge in [0.2, 0.25) is 0 Å². The number of amides is 2. The Balaban J connectivity index is 1.64. The van der Waals surface area contributed by atoms with Crippen LogP contribution < -0.4 is 15.5 Å². The van der Waals surface area contributed by atoms with E-state index in [-0.39, 0.29) is 17.0 Å². The van der Waals surface area contributed by atoms with E-state index in [1.54, 1.807) is 18.2 Å². The molecule has 0 aliphatic rings. The molecule has 0 atom stereocenters. The minimum atomic E-state index is -0.973. The quantitative estimate of drug-likeness (QED) is 0.144. The van der Waals surface area contributed by atoms with Crippen LogP contribution in [0.15, 0.2) is 71.8 Å². The highest BCUT2D eigenvalue weighted by molar-refractivity contribution is 6.39. The third kappa shape index (κ3) is 5.88. The highest BCUT2D eigenvalue weighted by atomic mass is 16.6. The number of anilines is 1. The van der Waals surface area contributed by atoms with Gasteiger partial charge in [-0.25, -0.2) is 10.2 Å². The number of non-ortho nitro benzene ring substituents is 1. The van der Waals surface area contributed by atoms with Crippen molar-refractivity contribution in [2.45, 2.75) is 13.8 Å². The van der Waals surface area contributed by atoms with Crippen LogP contribution in [0.3, 0.4) is 0 Å². The first-order valence-corrected chi connectivity index (χ1v) is 10.0. The number of carbonyl (C=O) groups excluding carboxylic acids is 3. The van der Waals surface area contributed by atoms with Crippen molar-refractivity contribution < 1.29 is 24.0 Å². The summed E-state index contributed by atoms with van der Waals surface area (Å²) in [5.74, 6) is -2.44. The average Bonchev–Trinajstić information content (AvgIpc) is 2.82. The van der Waals surface area contributed by atoms with Crippen LogP contribution in [0, 0.1) is 24.0 Å². The third-order valence-electron chi connectivity index (χ3n) is 4.73. The van der Waals surface area contributed by atoms with E-state index in [1.165, 1.54) is 36.5 Å². The zero-order valence-electron chi connectivity index (χ0n) is 18.3. The number of nitrogens with one attached hydrogen (secondary N) is 2. The van der Waals surface area contributed by atoms with E-state index in [2.05, 4.69) is 15.8 Å². The normalized spacial score (nSPS) is 10.5. The Morgan fingerprint density at radius 1 is 0.912 bits per heavy atom. The van der Waals surface area contributed by atoms with Crippen LogP contribution in [0.25, 0.3) is 0 Å². The van der Waals surface area contributed by atoms with Crippen LogP contribution in [0.5, 0.6) is 5.75 Å².